The summed E-state index contributed by atoms with van der Waals surface area (Å²) in [6.07, 6.45) is 10.6. The fourth-order valence-electron chi connectivity index (χ4n) is 4.12. The highest BCUT2D eigenvalue weighted by Gasteiger charge is 2.37. The van der Waals surface area contributed by atoms with Crippen LogP contribution in [0.25, 0.3) is 0 Å². The molecule has 1 aliphatic heterocycles. The van der Waals surface area contributed by atoms with Crippen molar-refractivity contribution in [2.24, 2.45) is 0 Å². The Hall–Kier alpha value is -2.44. The van der Waals surface area contributed by atoms with Crippen LogP contribution in [0.3, 0.4) is 0 Å². The van der Waals surface area contributed by atoms with Crippen LogP contribution in [-0.2, 0) is 0 Å². The molecule has 0 bridgehead atoms. The van der Waals surface area contributed by atoms with Crippen molar-refractivity contribution in [1.29, 1.82) is 0 Å². The Bertz CT molecular complexity index is 799. The molecular formula is C20H26N6O. The van der Waals surface area contributed by atoms with Crippen molar-refractivity contribution in [2.45, 2.75) is 56.5 Å². The van der Waals surface area contributed by atoms with Crippen molar-refractivity contribution >= 4 is 11.6 Å². The number of nitrogens with zero attached hydrogens (tertiary/aromatic N) is 6. The first-order valence-corrected chi connectivity index (χ1v) is 10.0. The number of aromatic nitrogens is 4. The van der Waals surface area contributed by atoms with Gasteiger partial charge in [0.25, 0.3) is 0 Å². The molecule has 0 aromatic carbocycles. The number of hydrogen-bond donors (Lipinski definition) is 0. The third kappa shape index (κ3) is 3.55. The smallest absolute Gasteiger partial charge is 0.218 e. The van der Waals surface area contributed by atoms with Gasteiger partial charge in [0.15, 0.2) is 0 Å². The van der Waals surface area contributed by atoms with Gasteiger partial charge >= 0.3 is 0 Å². The first-order chi connectivity index (χ1) is 13.3. The van der Waals surface area contributed by atoms with Crippen LogP contribution in [0.5, 0.6) is 5.88 Å². The Morgan fingerprint density at radius 1 is 0.889 bits per heavy atom. The number of rotatable bonds is 6. The van der Waals surface area contributed by atoms with E-state index in [1.807, 2.05) is 6.07 Å². The van der Waals surface area contributed by atoms with Gasteiger partial charge in [-0.2, -0.15) is 0 Å². The van der Waals surface area contributed by atoms with E-state index in [4.69, 9.17) is 4.74 Å². The monoisotopic (exact) mass is 366 g/mol. The molecule has 142 valence electrons. The zero-order valence-corrected chi connectivity index (χ0v) is 15.8. The van der Waals surface area contributed by atoms with E-state index < -0.39 is 0 Å². The predicted molar refractivity (Wildman–Crippen MR) is 103 cm³/mol. The molecule has 0 unspecified atom stereocenters. The second kappa shape index (κ2) is 6.94. The van der Waals surface area contributed by atoms with Crippen LogP contribution in [0.4, 0.5) is 11.6 Å². The fourth-order valence-corrected chi connectivity index (χ4v) is 4.12. The van der Waals surface area contributed by atoms with Gasteiger partial charge in [0.2, 0.25) is 5.88 Å². The molecule has 0 spiro atoms. The summed E-state index contributed by atoms with van der Waals surface area (Å²) >= 11 is 0. The number of ether oxygens (including phenoxy) is 1. The minimum atomic E-state index is 0.512. The lowest BCUT2D eigenvalue weighted by molar-refractivity contribution is 0.395. The molecule has 27 heavy (non-hydrogen) atoms. The summed E-state index contributed by atoms with van der Waals surface area (Å²) in [5.74, 6) is 3.40. The maximum atomic E-state index is 5.30. The zero-order valence-electron chi connectivity index (χ0n) is 15.8. The molecule has 0 amide bonds. The van der Waals surface area contributed by atoms with E-state index in [2.05, 4.69) is 35.8 Å². The topological polar surface area (TPSA) is 67.3 Å². The molecule has 0 radical (unpaired) electrons. The van der Waals surface area contributed by atoms with E-state index in [0.29, 0.717) is 23.9 Å². The minimum absolute atomic E-state index is 0.512. The van der Waals surface area contributed by atoms with Gasteiger partial charge in [0.05, 0.1) is 7.11 Å². The summed E-state index contributed by atoms with van der Waals surface area (Å²) in [5.41, 5.74) is 1.22. The first-order valence-electron chi connectivity index (χ1n) is 10.0. The molecule has 2 saturated carbocycles. The Balaban J connectivity index is 1.29. The van der Waals surface area contributed by atoms with Crippen LogP contribution < -0.4 is 14.5 Å². The molecule has 3 aliphatic rings. The largest absolute Gasteiger partial charge is 0.481 e. The highest BCUT2D eigenvalue weighted by atomic mass is 16.5. The van der Waals surface area contributed by atoms with Crippen LogP contribution >= 0.6 is 0 Å². The average Bonchev–Trinajstić information content (AvgIpc) is 3.63. The van der Waals surface area contributed by atoms with Crippen LogP contribution in [0.2, 0.25) is 0 Å². The van der Waals surface area contributed by atoms with Gasteiger partial charge in [-0.15, -0.1) is 0 Å². The maximum Gasteiger partial charge on any atom is 0.218 e. The molecule has 0 N–H and O–H groups in total. The number of piperidine rings is 1. The summed E-state index contributed by atoms with van der Waals surface area (Å²) in [4.78, 5) is 22.6. The molecule has 2 aromatic heterocycles. The molecule has 7 heteroatoms. The normalized spacial score (nSPS) is 20.6. The Labute approximate surface area is 159 Å². The van der Waals surface area contributed by atoms with Crippen molar-refractivity contribution in [3.05, 3.63) is 30.5 Å². The lowest BCUT2D eigenvalue weighted by Crippen LogP contribution is -2.46. The summed E-state index contributed by atoms with van der Waals surface area (Å²) < 4.78 is 5.30. The summed E-state index contributed by atoms with van der Waals surface area (Å²) in [7, 11) is 1.66. The van der Waals surface area contributed by atoms with E-state index in [1.54, 1.807) is 19.8 Å². The molecule has 0 atom stereocenters. The first kappa shape index (κ1) is 16.7. The number of methoxy groups -OCH3 is 1. The van der Waals surface area contributed by atoms with Gasteiger partial charge in [0.1, 0.15) is 24.3 Å². The summed E-state index contributed by atoms with van der Waals surface area (Å²) in [5, 5.41) is 0. The quantitative estimate of drug-likeness (QED) is 0.779. The standard InChI is InChI=1S/C20H26N6O/c1-27-20-11-19(23-13-24-20)26(15-4-5-15)16-6-8-25(9-7-16)18-10-17(14-2-3-14)21-12-22-18/h10-16H,2-9H2,1H3. The van der Waals surface area contributed by atoms with E-state index in [-0.39, 0.29) is 0 Å². The van der Waals surface area contributed by atoms with Crippen molar-refractivity contribution in [3.8, 4) is 5.88 Å². The summed E-state index contributed by atoms with van der Waals surface area (Å²) in [6, 6.07) is 5.29. The van der Waals surface area contributed by atoms with E-state index in [1.165, 1.54) is 31.4 Å². The molecule has 5 rings (SSSR count). The lowest BCUT2D eigenvalue weighted by atomic mass is 10.0. The molecular weight excluding hydrogens is 340 g/mol. The van der Waals surface area contributed by atoms with Gasteiger partial charge in [-0.1, -0.05) is 0 Å². The van der Waals surface area contributed by atoms with Crippen molar-refractivity contribution in [2.75, 3.05) is 30.0 Å². The average molecular weight is 366 g/mol. The van der Waals surface area contributed by atoms with Gasteiger partial charge < -0.3 is 14.5 Å². The Morgan fingerprint density at radius 3 is 2.33 bits per heavy atom. The van der Waals surface area contributed by atoms with Crippen LogP contribution in [0.15, 0.2) is 24.8 Å². The fraction of sp³-hybridized carbons (Fsp3) is 0.600. The van der Waals surface area contributed by atoms with Gasteiger partial charge in [-0.25, -0.2) is 19.9 Å². The second-order valence-electron chi connectivity index (χ2n) is 7.85. The Kier molecular flexibility index (Phi) is 4.30. The highest BCUT2D eigenvalue weighted by molar-refractivity contribution is 5.46. The number of anilines is 2. The van der Waals surface area contributed by atoms with E-state index in [0.717, 1.165) is 37.6 Å². The SMILES string of the molecule is COc1cc(N(C2CC2)C2CCN(c3cc(C4CC4)ncn3)CC2)ncn1. The van der Waals surface area contributed by atoms with Crippen molar-refractivity contribution < 1.29 is 4.74 Å². The Morgan fingerprint density at radius 2 is 1.63 bits per heavy atom. The van der Waals surface area contributed by atoms with Gasteiger partial charge in [0, 0.05) is 48.9 Å². The molecule has 2 aliphatic carbocycles. The number of hydrogen-bond acceptors (Lipinski definition) is 7. The molecule has 3 fully saturated rings. The molecule has 1 saturated heterocycles. The zero-order chi connectivity index (χ0) is 18.2. The molecule has 7 nitrogen and oxygen atoms in total. The second-order valence-corrected chi connectivity index (χ2v) is 7.85. The lowest BCUT2D eigenvalue weighted by Gasteiger charge is -2.39. The van der Waals surface area contributed by atoms with E-state index in [9.17, 15) is 0 Å². The maximum absolute atomic E-state index is 5.30. The van der Waals surface area contributed by atoms with Crippen LogP contribution in [0, 0.1) is 0 Å². The molecule has 3 heterocycles. The minimum Gasteiger partial charge on any atom is -0.481 e. The molecule has 2 aromatic rings. The predicted octanol–water partition coefficient (Wildman–Crippen LogP) is 2.79. The van der Waals surface area contributed by atoms with Crippen molar-refractivity contribution in [1.82, 2.24) is 19.9 Å². The summed E-state index contributed by atoms with van der Waals surface area (Å²) in [6.45, 7) is 2.05. The van der Waals surface area contributed by atoms with Gasteiger partial charge in [-0.3, -0.25) is 0 Å². The van der Waals surface area contributed by atoms with Crippen molar-refractivity contribution in [3.63, 3.8) is 0 Å². The van der Waals surface area contributed by atoms with Crippen LogP contribution in [-0.4, -0.2) is 52.2 Å². The van der Waals surface area contributed by atoms with E-state index >= 15 is 0 Å². The third-order valence-corrected chi connectivity index (χ3v) is 5.89. The van der Waals surface area contributed by atoms with Crippen LogP contribution in [0.1, 0.15) is 50.1 Å². The van der Waals surface area contributed by atoms with Gasteiger partial charge in [-0.05, 0) is 38.5 Å². The third-order valence-electron chi connectivity index (χ3n) is 5.89. The highest BCUT2D eigenvalue weighted by Crippen LogP contribution is 2.40.